The summed E-state index contributed by atoms with van der Waals surface area (Å²) in [7, 11) is 1.80. The molecule has 8 heteroatoms. The number of aromatic nitrogens is 4. The smallest absolute Gasteiger partial charge is 0.226 e. The van der Waals surface area contributed by atoms with Gasteiger partial charge in [-0.2, -0.15) is 10.2 Å². The summed E-state index contributed by atoms with van der Waals surface area (Å²) in [6.07, 6.45) is 0.331. The zero-order valence-electron chi connectivity index (χ0n) is 12.6. The normalized spacial score (nSPS) is 17.2. The minimum atomic E-state index is -0.157. The molecule has 6 nitrogen and oxygen atoms in total. The van der Waals surface area contributed by atoms with Crippen molar-refractivity contribution >= 4 is 34.7 Å². The predicted molar refractivity (Wildman–Crippen MR) is 89.9 cm³/mol. The van der Waals surface area contributed by atoms with Crippen LogP contribution >= 0.6 is 22.9 Å². The Hall–Kier alpha value is -2.12. The lowest BCUT2D eigenvalue weighted by molar-refractivity contribution is -0.116. The summed E-state index contributed by atoms with van der Waals surface area (Å²) in [4.78, 5) is 13.2. The molecular weight excluding hydrogens is 334 g/mol. The number of thiophene rings is 1. The first kappa shape index (κ1) is 14.5. The largest absolute Gasteiger partial charge is 0.309 e. The number of amides is 1. The van der Waals surface area contributed by atoms with E-state index in [4.69, 9.17) is 11.6 Å². The predicted octanol–water partition coefficient (Wildman–Crippen LogP) is 3.31. The third kappa shape index (κ3) is 2.19. The second kappa shape index (κ2) is 5.21. The van der Waals surface area contributed by atoms with Crippen LogP contribution < -0.4 is 5.32 Å². The van der Waals surface area contributed by atoms with Gasteiger partial charge in [-0.15, -0.1) is 11.3 Å². The molecule has 3 aromatic heterocycles. The second-order valence-electron chi connectivity index (χ2n) is 5.56. The summed E-state index contributed by atoms with van der Waals surface area (Å²) in [5.74, 6) is 0.357. The molecule has 0 aromatic carbocycles. The molecule has 0 saturated carbocycles. The summed E-state index contributed by atoms with van der Waals surface area (Å²) in [5.41, 5.74) is 3.63. The Balaban J connectivity index is 1.94. The molecule has 0 saturated heterocycles. The van der Waals surface area contributed by atoms with Crippen LogP contribution in [-0.4, -0.2) is 25.9 Å². The Bertz CT molecular complexity index is 896. The number of anilines is 1. The molecule has 0 fully saturated rings. The van der Waals surface area contributed by atoms with Gasteiger partial charge in [0.05, 0.1) is 16.3 Å². The van der Waals surface area contributed by atoms with Gasteiger partial charge >= 0.3 is 0 Å². The molecule has 23 heavy (non-hydrogen) atoms. The first-order valence-corrected chi connectivity index (χ1v) is 8.43. The number of halogens is 1. The highest BCUT2D eigenvalue weighted by Gasteiger charge is 2.35. The van der Waals surface area contributed by atoms with E-state index in [1.54, 1.807) is 23.1 Å². The standard InChI is InChI=1S/C15H14ClN5OS/c1-7-11(14(16)21(2)20-7)8-6-10(22)17-15-12(8)13(18-19-15)9-4-3-5-23-9/h3-5,8H,6H2,1-2H3,(H2,17,18,19,22)/t8-/m0/s1. The number of H-pyrrole nitrogens is 1. The van der Waals surface area contributed by atoms with Crippen LogP contribution in [0.3, 0.4) is 0 Å². The van der Waals surface area contributed by atoms with E-state index in [2.05, 4.69) is 20.6 Å². The highest BCUT2D eigenvalue weighted by Crippen LogP contribution is 2.45. The number of aromatic amines is 1. The average Bonchev–Trinajstić information content (AvgIpc) is 3.19. The number of rotatable bonds is 2. The quantitative estimate of drug-likeness (QED) is 0.746. The lowest BCUT2D eigenvalue weighted by atomic mass is 9.85. The average molecular weight is 348 g/mol. The van der Waals surface area contributed by atoms with E-state index in [1.807, 2.05) is 24.4 Å². The minimum absolute atomic E-state index is 0.0638. The van der Waals surface area contributed by atoms with Gasteiger partial charge < -0.3 is 5.32 Å². The molecule has 0 bridgehead atoms. The van der Waals surface area contributed by atoms with Crippen molar-refractivity contribution in [2.24, 2.45) is 7.05 Å². The molecule has 0 unspecified atom stereocenters. The van der Waals surface area contributed by atoms with E-state index in [0.717, 1.165) is 27.4 Å². The van der Waals surface area contributed by atoms with Crippen molar-refractivity contribution in [1.82, 2.24) is 20.0 Å². The maximum atomic E-state index is 12.1. The lowest BCUT2D eigenvalue weighted by Crippen LogP contribution is -2.23. The fourth-order valence-electron chi connectivity index (χ4n) is 3.15. The number of carbonyl (C=O) groups is 1. The fraction of sp³-hybridized carbons (Fsp3) is 0.267. The summed E-state index contributed by atoms with van der Waals surface area (Å²) >= 11 is 8.07. The van der Waals surface area contributed by atoms with E-state index in [9.17, 15) is 4.79 Å². The molecule has 118 valence electrons. The molecule has 1 aliphatic rings. The van der Waals surface area contributed by atoms with Gasteiger partial charge in [0.25, 0.3) is 0 Å². The zero-order valence-corrected chi connectivity index (χ0v) is 14.1. The van der Waals surface area contributed by atoms with Gasteiger partial charge in [0.2, 0.25) is 5.91 Å². The van der Waals surface area contributed by atoms with Crippen LogP contribution in [0.15, 0.2) is 17.5 Å². The zero-order chi connectivity index (χ0) is 16.1. The van der Waals surface area contributed by atoms with E-state index in [-0.39, 0.29) is 11.8 Å². The van der Waals surface area contributed by atoms with Crippen LogP contribution in [-0.2, 0) is 11.8 Å². The summed E-state index contributed by atoms with van der Waals surface area (Å²) in [6.45, 7) is 1.91. The summed E-state index contributed by atoms with van der Waals surface area (Å²) < 4.78 is 1.64. The van der Waals surface area contributed by atoms with E-state index >= 15 is 0 Å². The molecule has 3 aromatic rings. The van der Waals surface area contributed by atoms with Gasteiger partial charge in [-0.1, -0.05) is 17.7 Å². The first-order valence-electron chi connectivity index (χ1n) is 7.17. The molecule has 1 atom stereocenters. The van der Waals surface area contributed by atoms with E-state index < -0.39 is 0 Å². The Morgan fingerprint density at radius 3 is 2.91 bits per heavy atom. The first-order chi connectivity index (χ1) is 11.1. The monoisotopic (exact) mass is 347 g/mol. The number of hydrogen-bond donors (Lipinski definition) is 2. The number of nitrogens with one attached hydrogen (secondary N) is 2. The molecule has 4 heterocycles. The number of carbonyl (C=O) groups excluding carboxylic acids is 1. The van der Waals surface area contributed by atoms with Crippen molar-refractivity contribution in [3.05, 3.63) is 39.5 Å². The van der Waals surface area contributed by atoms with Crippen LogP contribution in [0, 0.1) is 6.92 Å². The van der Waals surface area contributed by atoms with Crippen LogP contribution in [0.5, 0.6) is 0 Å². The van der Waals surface area contributed by atoms with Gasteiger partial charge in [0, 0.05) is 30.5 Å². The fourth-order valence-corrected chi connectivity index (χ4v) is 4.19. The Morgan fingerprint density at radius 2 is 2.26 bits per heavy atom. The third-order valence-electron chi connectivity index (χ3n) is 4.11. The van der Waals surface area contributed by atoms with Crippen molar-refractivity contribution in [2.75, 3.05) is 5.32 Å². The molecule has 2 N–H and O–H groups in total. The topological polar surface area (TPSA) is 75.6 Å². The van der Waals surface area contributed by atoms with E-state index in [1.165, 1.54) is 0 Å². The number of nitrogens with zero attached hydrogens (tertiary/aromatic N) is 3. The van der Waals surface area contributed by atoms with Gasteiger partial charge in [0.15, 0.2) is 5.82 Å². The molecular formula is C15H14ClN5OS. The SMILES string of the molecule is Cc1nn(C)c(Cl)c1[C@@H]1CC(=O)Nc2n[nH]c(-c3cccs3)c21. The molecule has 4 rings (SSSR count). The maximum absolute atomic E-state index is 12.1. The third-order valence-corrected chi connectivity index (χ3v) is 5.45. The van der Waals surface area contributed by atoms with Crippen molar-refractivity contribution in [1.29, 1.82) is 0 Å². The maximum Gasteiger partial charge on any atom is 0.226 e. The summed E-state index contributed by atoms with van der Waals surface area (Å²) in [5, 5.41) is 17.1. The highest BCUT2D eigenvalue weighted by atomic mass is 35.5. The van der Waals surface area contributed by atoms with Crippen molar-refractivity contribution in [3.63, 3.8) is 0 Å². The molecule has 1 amide bonds. The summed E-state index contributed by atoms with van der Waals surface area (Å²) in [6, 6.07) is 4.02. The van der Waals surface area contributed by atoms with Crippen LogP contribution in [0.1, 0.15) is 29.2 Å². The van der Waals surface area contributed by atoms with Crippen molar-refractivity contribution in [2.45, 2.75) is 19.3 Å². The molecule has 0 radical (unpaired) electrons. The number of hydrogen-bond acceptors (Lipinski definition) is 4. The van der Waals surface area contributed by atoms with Crippen LogP contribution in [0.4, 0.5) is 5.82 Å². The van der Waals surface area contributed by atoms with E-state index in [0.29, 0.717) is 17.4 Å². The number of aryl methyl sites for hydroxylation is 2. The van der Waals surface area contributed by atoms with Gasteiger partial charge in [-0.25, -0.2) is 0 Å². The van der Waals surface area contributed by atoms with Gasteiger partial charge in [-0.3, -0.25) is 14.6 Å². The van der Waals surface area contributed by atoms with Crippen molar-refractivity contribution < 1.29 is 4.79 Å². The Kier molecular flexibility index (Phi) is 3.28. The van der Waals surface area contributed by atoms with Gasteiger partial charge in [0.1, 0.15) is 5.15 Å². The minimum Gasteiger partial charge on any atom is -0.309 e. The van der Waals surface area contributed by atoms with Crippen LogP contribution in [0.25, 0.3) is 10.6 Å². The van der Waals surface area contributed by atoms with Crippen molar-refractivity contribution in [3.8, 4) is 10.6 Å². The Labute approximate surface area is 141 Å². The molecule has 0 spiro atoms. The molecule has 1 aliphatic heterocycles. The number of fused-ring (bicyclic) bond motifs is 1. The molecule has 0 aliphatic carbocycles. The van der Waals surface area contributed by atoms with Crippen LogP contribution in [0.2, 0.25) is 5.15 Å². The lowest BCUT2D eigenvalue weighted by Gasteiger charge is -2.23. The Morgan fingerprint density at radius 1 is 1.43 bits per heavy atom. The highest BCUT2D eigenvalue weighted by molar-refractivity contribution is 7.13. The second-order valence-corrected chi connectivity index (χ2v) is 6.86. The van der Waals surface area contributed by atoms with Gasteiger partial charge in [-0.05, 0) is 18.4 Å².